The summed E-state index contributed by atoms with van der Waals surface area (Å²) in [5, 5.41) is 10.8. The average Bonchev–Trinajstić information content (AvgIpc) is 3.44. The summed E-state index contributed by atoms with van der Waals surface area (Å²) in [6.07, 6.45) is 0. The van der Waals surface area contributed by atoms with Gasteiger partial charge in [-0.2, -0.15) is 4.98 Å². The monoisotopic (exact) mass is 404 g/mol. The Labute approximate surface area is 172 Å². The van der Waals surface area contributed by atoms with Gasteiger partial charge in [-0.05, 0) is 32.0 Å². The lowest BCUT2D eigenvalue weighted by atomic mass is 10.1. The number of hydrogen-bond acceptors (Lipinski definition) is 7. The molecule has 0 aliphatic rings. The summed E-state index contributed by atoms with van der Waals surface area (Å²) in [5.41, 5.74) is 3.26. The van der Waals surface area contributed by atoms with Crippen molar-refractivity contribution in [1.82, 2.24) is 20.6 Å². The number of methoxy groups -OCH3 is 1. The first kappa shape index (κ1) is 19.4. The van der Waals surface area contributed by atoms with Crippen LogP contribution in [0.25, 0.3) is 22.6 Å². The molecule has 1 N–H and O–H groups in total. The lowest BCUT2D eigenvalue weighted by Gasteiger charge is -2.07. The molecule has 0 bridgehead atoms. The van der Waals surface area contributed by atoms with Gasteiger partial charge >= 0.3 is 0 Å². The van der Waals surface area contributed by atoms with Crippen LogP contribution in [0, 0.1) is 6.92 Å². The van der Waals surface area contributed by atoms with E-state index < -0.39 is 11.9 Å². The van der Waals surface area contributed by atoms with Gasteiger partial charge in [-0.1, -0.05) is 46.2 Å². The summed E-state index contributed by atoms with van der Waals surface area (Å²) in [4.78, 5) is 16.9. The zero-order valence-electron chi connectivity index (χ0n) is 16.7. The number of hydrogen-bond donors (Lipinski definition) is 1. The van der Waals surface area contributed by atoms with E-state index in [1.165, 1.54) is 0 Å². The largest absolute Gasteiger partial charge is 0.497 e. The first-order valence-electron chi connectivity index (χ1n) is 9.36. The van der Waals surface area contributed by atoms with E-state index in [0.717, 1.165) is 16.7 Å². The van der Waals surface area contributed by atoms with Crippen molar-refractivity contribution in [2.24, 2.45) is 0 Å². The number of carbonyl (C=O) groups is 1. The smallest absolute Gasteiger partial charge is 0.290 e. The van der Waals surface area contributed by atoms with Crippen LogP contribution < -0.4 is 10.1 Å². The number of benzene rings is 2. The van der Waals surface area contributed by atoms with Gasteiger partial charge in [0.05, 0.1) is 7.11 Å². The van der Waals surface area contributed by atoms with Crippen LogP contribution in [0.15, 0.2) is 63.6 Å². The van der Waals surface area contributed by atoms with E-state index in [1.807, 2.05) is 55.5 Å². The van der Waals surface area contributed by atoms with Gasteiger partial charge < -0.3 is 19.1 Å². The molecule has 2 heterocycles. The van der Waals surface area contributed by atoms with Crippen molar-refractivity contribution in [3.05, 3.63) is 71.8 Å². The Bertz CT molecular complexity index is 1180. The molecule has 1 atom stereocenters. The normalized spacial score (nSPS) is 11.8. The molecule has 4 rings (SSSR count). The molecule has 0 aliphatic heterocycles. The Hall–Kier alpha value is -3.94. The maximum absolute atomic E-state index is 12.6. The summed E-state index contributed by atoms with van der Waals surface area (Å²) < 4.78 is 15.7. The number of aryl methyl sites for hydroxylation is 1. The third-order valence-electron chi connectivity index (χ3n) is 4.54. The molecule has 2 aromatic heterocycles. The second-order valence-electron chi connectivity index (χ2n) is 6.83. The topological polar surface area (TPSA) is 103 Å². The number of carbonyl (C=O) groups excluding carboxylic acids is 1. The zero-order valence-corrected chi connectivity index (χ0v) is 16.7. The minimum absolute atomic E-state index is 0.0816. The highest BCUT2D eigenvalue weighted by molar-refractivity contribution is 5.92. The van der Waals surface area contributed by atoms with E-state index in [9.17, 15) is 4.79 Å². The molecule has 30 heavy (non-hydrogen) atoms. The molecular weight excluding hydrogens is 384 g/mol. The predicted molar refractivity (Wildman–Crippen MR) is 109 cm³/mol. The Balaban J connectivity index is 1.46. The summed E-state index contributed by atoms with van der Waals surface area (Å²) >= 11 is 0. The molecule has 152 valence electrons. The van der Waals surface area contributed by atoms with Crippen LogP contribution in [-0.2, 0) is 0 Å². The van der Waals surface area contributed by atoms with Crippen LogP contribution in [-0.4, -0.2) is 28.3 Å². The third kappa shape index (κ3) is 4.07. The van der Waals surface area contributed by atoms with Crippen LogP contribution >= 0.6 is 0 Å². The zero-order chi connectivity index (χ0) is 21.1. The summed E-state index contributed by atoms with van der Waals surface area (Å²) in [5.74, 6) is 1.11. The molecule has 1 amide bonds. The molecule has 0 spiro atoms. The van der Waals surface area contributed by atoms with Crippen molar-refractivity contribution in [1.29, 1.82) is 0 Å². The fraction of sp³-hybridized carbons (Fsp3) is 0.182. The lowest BCUT2D eigenvalue weighted by molar-refractivity contribution is 0.0895. The van der Waals surface area contributed by atoms with Crippen molar-refractivity contribution in [2.45, 2.75) is 19.9 Å². The van der Waals surface area contributed by atoms with Gasteiger partial charge in [0.2, 0.25) is 17.5 Å². The van der Waals surface area contributed by atoms with E-state index in [2.05, 4.69) is 20.6 Å². The highest BCUT2D eigenvalue weighted by Gasteiger charge is 2.21. The predicted octanol–water partition coefficient (Wildman–Crippen LogP) is 4.20. The maximum Gasteiger partial charge on any atom is 0.290 e. The molecular formula is C22H20N4O4. The van der Waals surface area contributed by atoms with Crippen molar-refractivity contribution >= 4 is 5.91 Å². The lowest BCUT2D eigenvalue weighted by Crippen LogP contribution is -2.26. The SMILES string of the molecule is COc1cccc(-c2cc(C(=O)N[C@@H](C)c3nc(-c4cccc(C)c4)no3)on2)c1. The van der Waals surface area contributed by atoms with Crippen LogP contribution in [0.2, 0.25) is 0 Å². The Morgan fingerprint density at radius 3 is 2.63 bits per heavy atom. The minimum Gasteiger partial charge on any atom is -0.497 e. The van der Waals surface area contributed by atoms with Crippen molar-refractivity contribution in [3.63, 3.8) is 0 Å². The molecule has 0 saturated carbocycles. The standard InChI is InChI=1S/C22H20N4O4/c1-13-6-4-8-16(10-13)20-24-22(30-26-20)14(2)23-21(27)19-12-18(25-29-19)15-7-5-9-17(11-15)28-3/h4-12,14H,1-3H3,(H,23,27)/t14-/m0/s1. The van der Waals surface area contributed by atoms with E-state index in [-0.39, 0.29) is 5.76 Å². The Kier molecular flexibility index (Phi) is 5.30. The summed E-state index contributed by atoms with van der Waals surface area (Å²) in [6.45, 7) is 3.75. The Morgan fingerprint density at radius 2 is 1.83 bits per heavy atom. The molecule has 8 nitrogen and oxygen atoms in total. The quantitative estimate of drug-likeness (QED) is 0.514. The number of rotatable bonds is 6. The summed E-state index contributed by atoms with van der Waals surface area (Å²) in [6, 6.07) is 16.2. The van der Waals surface area contributed by atoms with Gasteiger partial charge in [-0.25, -0.2) is 0 Å². The van der Waals surface area contributed by atoms with Gasteiger partial charge in [0.15, 0.2) is 0 Å². The Morgan fingerprint density at radius 1 is 1.03 bits per heavy atom. The van der Waals surface area contributed by atoms with Crippen molar-refractivity contribution < 1.29 is 18.6 Å². The summed E-state index contributed by atoms with van der Waals surface area (Å²) in [7, 11) is 1.59. The van der Waals surface area contributed by atoms with Crippen LogP contribution in [0.1, 0.15) is 35.0 Å². The number of nitrogens with zero attached hydrogens (tertiary/aromatic N) is 3. The number of nitrogens with one attached hydrogen (secondary N) is 1. The van der Waals surface area contributed by atoms with Crippen LogP contribution in [0.4, 0.5) is 0 Å². The number of aromatic nitrogens is 3. The first-order valence-corrected chi connectivity index (χ1v) is 9.36. The van der Waals surface area contributed by atoms with Crippen LogP contribution in [0.5, 0.6) is 5.75 Å². The average molecular weight is 404 g/mol. The van der Waals surface area contributed by atoms with Gasteiger partial charge in [0.1, 0.15) is 17.5 Å². The van der Waals surface area contributed by atoms with Gasteiger partial charge in [-0.15, -0.1) is 0 Å². The van der Waals surface area contributed by atoms with Gasteiger partial charge in [0, 0.05) is 17.2 Å². The first-order chi connectivity index (χ1) is 14.5. The molecule has 2 aromatic carbocycles. The molecule has 0 unspecified atom stereocenters. The number of ether oxygens (including phenoxy) is 1. The maximum atomic E-state index is 12.6. The molecule has 0 fully saturated rings. The second-order valence-corrected chi connectivity index (χ2v) is 6.83. The van der Waals surface area contributed by atoms with Crippen LogP contribution in [0.3, 0.4) is 0 Å². The van der Waals surface area contributed by atoms with E-state index in [4.69, 9.17) is 13.8 Å². The molecule has 0 saturated heterocycles. The molecule has 4 aromatic rings. The van der Waals surface area contributed by atoms with Crippen molar-refractivity contribution in [3.8, 4) is 28.4 Å². The third-order valence-corrected chi connectivity index (χ3v) is 4.54. The second kappa shape index (κ2) is 8.20. The van der Waals surface area contributed by atoms with Gasteiger partial charge in [-0.3, -0.25) is 4.79 Å². The minimum atomic E-state index is -0.506. The van der Waals surface area contributed by atoms with E-state index in [0.29, 0.717) is 23.2 Å². The van der Waals surface area contributed by atoms with Gasteiger partial charge in [0.25, 0.3) is 5.91 Å². The fourth-order valence-electron chi connectivity index (χ4n) is 2.94. The van der Waals surface area contributed by atoms with Crippen molar-refractivity contribution in [2.75, 3.05) is 7.11 Å². The molecule has 8 heteroatoms. The number of amides is 1. The highest BCUT2D eigenvalue weighted by atomic mass is 16.5. The van der Waals surface area contributed by atoms with E-state index in [1.54, 1.807) is 20.1 Å². The highest BCUT2D eigenvalue weighted by Crippen LogP contribution is 2.24. The van der Waals surface area contributed by atoms with E-state index >= 15 is 0 Å². The fourth-order valence-corrected chi connectivity index (χ4v) is 2.94. The molecule has 0 radical (unpaired) electrons. The molecule has 0 aliphatic carbocycles.